The zero-order valence-electron chi connectivity index (χ0n) is 31.5. The summed E-state index contributed by atoms with van der Waals surface area (Å²) in [5.41, 5.74) is 0. The second-order valence-corrected chi connectivity index (χ2v) is 15.0. The van der Waals surface area contributed by atoms with Gasteiger partial charge in [-0.15, -0.1) is 0 Å². The Morgan fingerprint density at radius 3 is 0.846 bits per heavy atom. The number of unbranched alkanes of at least 4 members (excludes halogenated alkanes) is 11. The van der Waals surface area contributed by atoms with Crippen molar-refractivity contribution in [3.8, 4) is 0 Å². The first-order valence-electron chi connectivity index (χ1n) is 17.8. The average molecular weight is 791 g/mol. The van der Waals surface area contributed by atoms with Crippen LogP contribution in [0, 0.1) is 0 Å². The van der Waals surface area contributed by atoms with Gasteiger partial charge in [0.05, 0.1) is 31.7 Å². The summed E-state index contributed by atoms with van der Waals surface area (Å²) in [4.78, 5) is 26.1. The van der Waals surface area contributed by atoms with Crippen molar-refractivity contribution >= 4 is 55.9 Å². The van der Waals surface area contributed by atoms with Crippen molar-refractivity contribution in [1.29, 1.82) is 0 Å². The Hall–Kier alpha value is -1.36. The standard InChI is InChI=1S/C30H58N12O6S2.2Na/c1-3-5-7-9-11-13-17-31-25-37-27(41-29(39-25)35-21-23-49(43,44)45)33-19-15-16-20-34-28-38-26(32-18-14-12-10-8-6-4-2)40-30(42-28)36-22-24-50(46,47)48;;/h3-24H2,1-2H3,(H,43,44,45)(H,46,47,48)(H3,31,33,35,37,39,41)(H3,32,34,36,38,40,42);;/q;2*+1/p-2. The van der Waals surface area contributed by atoms with E-state index in [2.05, 4.69) is 75.7 Å². The number of rotatable bonds is 31. The maximum Gasteiger partial charge on any atom is 1.00 e. The number of anilines is 6. The van der Waals surface area contributed by atoms with Gasteiger partial charge in [0.1, 0.15) is 0 Å². The van der Waals surface area contributed by atoms with E-state index in [0.717, 1.165) is 38.5 Å². The van der Waals surface area contributed by atoms with Crippen molar-refractivity contribution in [2.75, 3.05) is 82.7 Å². The Kier molecular flexibility index (Phi) is 29.1. The van der Waals surface area contributed by atoms with Gasteiger partial charge in [-0.25, -0.2) is 16.8 Å². The summed E-state index contributed by atoms with van der Waals surface area (Å²) in [5.74, 6) is 0.438. The number of hydrogen-bond acceptors (Lipinski definition) is 18. The van der Waals surface area contributed by atoms with Crippen LogP contribution in [0.5, 0.6) is 0 Å². The van der Waals surface area contributed by atoms with E-state index in [0.29, 0.717) is 50.0 Å². The van der Waals surface area contributed by atoms with Crippen molar-refractivity contribution in [2.45, 2.75) is 104 Å². The first kappa shape index (κ1) is 50.6. The fourth-order valence-corrected chi connectivity index (χ4v) is 5.37. The van der Waals surface area contributed by atoms with Crippen molar-refractivity contribution in [3.05, 3.63) is 0 Å². The predicted octanol–water partition coefficient (Wildman–Crippen LogP) is -2.17. The second-order valence-electron chi connectivity index (χ2n) is 11.9. The van der Waals surface area contributed by atoms with Crippen molar-refractivity contribution in [2.24, 2.45) is 0 Å². The second kappa shape index (κ2) is 29.9. The van der Waals surface area contributed by atoms with Gasteiger partial charge in [0.2, 0.25) is 35.7 Å². The smallest absolute Gasteiger partial charge is 0.748 e. The molecule has 2 rings (SSSR count). The van der Waals surface area contributed by atoms with Crippen LogP contribution in [0.3, 0.4) is 0 Å². The van der Waals surface area contributed by atoms with Gasteiger partial charge in [-0.3, -0.25) is 0 Å². The van der Waals surface area contributed by atoms with Gasteiger partial charge in [0.25, 0.3) is 0 Å². The molecule has 0 spiro atoms. The summed E-state index contributed by atoms with van der Waals surface area (Å²) < 4.78 is 66.1. The molecule has 18 nitrogen and oxygen atoms in total. The molecule has 2 heterocycles. The van der Waals surface area contributed by atoms with Crippen molar-refractivity contribution < 1.29 is 85.1 Å². The van der Waals surface area contributed by atoms with Crippen LogP contribution in [-0.4, -0.2) is 107 Å². The molecule has 0 saturated heterocycles. The van der Waals surface area contributed by atoms with E-state index in [1.807, 2.05) is 0 Å². The Morgan fingerprint density at radius 2 is 0.596 bits per heavy atom. The fourth-order valence-electron chi connectivity index (χ4n) is 4.66. The maximum atomic E-state index is 11.0. The largest absolute Gasteiger partial charge is 1.00 e. The molecule has 0 aromatic carbocycles. The Bertz CT molecular complexity index is 1340. The number of aromatic nitrogens is 6. The number of nitrogens with zero attached hydrogens (tertiary/aromatic N) is 6. The molecule has 22 heteroatoms. The SMILES string of the molecule is CCCCCCCCNc1nc(NCCCCNc2nc(NCCCCCCCC)nc(NCCS(=O)(=O)[O-])n2)nc(NCCS(=O)(=O)[O-])n1.[Na+].[Na+]. The van der Waals surface area contributed by atoms with Crippen LogP contribution < -0.4 is 91.0 Å². The summed E-state index contributed by atoms with van der Waals surface area (Å²) in [6.07, 6.45) is 15.1. The minimum atomic E-state index is -4.38. The van der Waals surface area contributed by atoms with Gasteiger partial charge in [0.15, 0.2) is 0 Å². The topological polar surface area (TPSA) is 264 Å². The third-order valence-electron chi connectivity index (χ3n) is 7.34. The molecule has 0 radical (unpaired) electrons. The van der Waals surface area contributed by atoms with Crippen LogP contribution in [0.1, 0.15) is 104 Å². The molecule has 0 aliphatic carbocycles. The quantitative estimate of drug-likeness (QED) is 0.0270. The molecule has 0 atom stereocenters. The third kappa shape index (κ3) is 27.3. The van der Waals surface area contributed by atoms with Gasteiger partial charge in [0, 0.05) is 39.3 Å². The van der Waals surface area contributed by atoms with Crippen molar-refractivity contribution in [3.63, 3.8) is 0 Å². The van der Waals surface area contributed by atoms with Gasteiger partial charge in [-0.2, -0.15) is 29.9 Å². The monoisotopic (exact) mass is 790 g/mol. The molecule has 0 aliphatic heterocycles. The normalized spacial score (nSPS) is 11.2. The van der Waals surface area contributed by atoms with E-state index in [1.54, 1.807) is 0 Å². The minimum Gasteiger partial charge on any atom is -0.748 e. The summed E-state index contributed by atoms with van der Waals surface area (Å²) in [5, 5.41) is 18.3. The molecule has 0 aliphatic rings. The Balaban J connectivity index is 0.0000130. The molecule has 0 saturated carbocycles. The molecule has 52 heavy (non-hydrogen) atoms. The summed E-state index contributed by atoms with van der Waals surface area (Å²) in [6.45, 7) is 6.52. The third-order valence-corrected chi connectivity index (χ3v) is 8.75. The van der Waals surface area contributed by atoms with E-state index >= 15 is 0 Å². The summed E-state index contributed by atoms with van der Waals surface area (Å²) >= 11 is 0. The first-order valence-corrected chi connectivity index (χ1v) is 21.0. The molecule has 0 fully saturated rings. The van der Waals surface area contributed by atoms with Crippen LogP contribution in [0.2, 0.25) is 0 Å². The van der Waals surface area contributed by atoms with E-state index in [9.17, 15) is 25.9 Å². The minimum absolute atomic E-state index is 0. The molecule has 0 bridgehead atoms. The average Bonchev–Trinajstić information content (AvgIpc) is 3.04. The zero-order valence-corrected chi connectivity index (χ0v) is 37.1. The maximum absolute atomic E-state index is 11.0. The molecule has 0 amide bonds. The van der Waals surface area contributed by atoms with Gasteiger partial charge in [-0.05, 0) is 25.7 Å². The van der Waals surface area contributed by atoms with Crippen LogP contribution in [-0.2, 0) is 20.2 Å². The zero-order chi connectivity index (χ0) is 36.5. The molecular formula is C30H56N12Na2O6S2. The first-order chi connectivity index (χ1) is 24.0. The number of nitrogens with one attached hydrogen (secondary N) is 6. The van der Waals surface area contributed by atoms with Crippen LogP contribution in [0.4, 0.5) is 35.7 Å². The van der Waals surface area contributed by atoms with Crippen LogP contribution in [0.25, 0.3) is 0 Å². The van der Waals surface area contributed by atoms with Crippen molar-refractivity contribution in [1.82, 2.24) is 29.9 Å². The molecule has 0 unspecified atom stereocenters. The number of hydrogen-bond donors (Lipinski definition) is 6. The summed E-state index contributed by atoms with van der Waals surface area (Å²) in [6, 6.07) is 0. The molecule has 286 valence electrons. The predicted molar refractivity (Wildman–Crippen MR) is 196 cm³/mol. The van der Waals surface area contributed by atoms with Crippen LogP contribution in [0.15, 0.2) is 0 Å². The molecular weight excluding hydrogens is 735 g/mol. The van der Waals surface area contributed by atoms with Gasteiger partial charge in [-0.1, -0.05) is 78.1 Å². The van der Waals surface area contributed by atoms with Crippen LogP contribution >= 0.6 is 0 Å². The molecule has 2 aromatic heterocycles. The van der Waals surface area contributed by atoms with E-state index in [-0.39, 0.29) is 84.1 Å². The Labute approximate surface area is 354 Å². The fraction of sp³-hybridized carbons (Fsp3) is 0.800. The van der Waals surface area contributed by atoms with E-state index in [4.69, 9.17) is 0 Å². The van der Waals surface area contributed by atoms with Gasteiger partial charge < -0.3 is 41.0 Å². The molecule has 6 N–H and O–H groups in total. The van der Waals surface area contributed by atoms with E-state index < -0.39 is 31.7 Å². The summed E-state index contributed by atoms with van der Waals surface area (Å²) in [7, 11) is -8.77. The molecule has 2 aromatic rings. The Morgan fingerprint density at radius 1 is 0.385 bits per heavy atom. The van der Waals surface area contributed by atoms with Gasteiger partial charge >= 0.3 is 59.1 Å². The van der Waals surface area contributed by atoms with E-state index in [1.165, 1.54) is 51.4 Å².